The third-order valence-electron chi connectivity index (χ3n) is 3.34. The molecule has 1 saturated heterocycles. The zero-order valence-electron chi connectivity index (χ0n) is 11.2. The van der Waals surface area contributed by atoms with Gasteiger partial charge in [-0.25, -0.2) is 9.97 Å². The van der Waals surface area contributed by atoms with Crippen LogP contribution in [0.25, 0.3) is 0 Å². The Hall–Kier alpha value is -2.17. The monoisotopic (exact) mass is 255 g/mol. The molecule has 19 heavy (non-hydrogen) atoms. The third-order valence-corrected chi connectivity index (χ3v) is 3.34. The van der Waals surface area contributed by atoms with Crippen molar-refractivity contribution in [1.29, 1.82) is 0 Å². The van der Waals surface area contributed by atoms with Crippen molar-refractivity contribution >= 4 is 11.5 Å². The predicted octanol–water partition coefficient (Wildman–Crippen LogP) is 1.79. The normalized spacial score (nSPS) is 15.2. The Bertz CT molecular complexity index is 563. The first-order chi connectivity index (χ1) is 9.22. The fourth-order valence-corrected chi connectivity index (χ4v) is 2.21. The van der Waals surface area contributed by atoms with Crippen molar-refractivity contribution in [2.75, 3.05) is 23.3 Å². The average molecular weight is 255 g/mol. The number of nitrogens with one attached hydrogen (secondary N) is 1. The van der Waals surface area contributed by atoms with Crippen molar-refractivity contribution in [3.8, 4) is 0 Å². The molecule has 1 aliphatic heterocycles. The van der Waals surface area contributed by atoms with E-state index in [1.54, 1.807) is 0 Å². The molecule has 0 saturated carbocycles. The van der Waals surface area contributed by atoms with Crippen LogP contribution in [0.15, 0.2) is 30.7 Å². The van der Waals surface area contributed by atoms with Crippen LogP contribution in [0.4, 0.5) is 11.5 Å². The predicted molar refractivity (Wildman–Crippen MR) is 75.4 cm³/mol. The Kier molecular flexibility index (Phi) is 3.03. The van der Waals surface area contributed by atoms with Gasteiger partial charge in [-0.2, -0.15) is 0 Å². The zero-order valence-corrected chi connectivity index (χ0v) is 11.2. The van der Waals surface area contributed by atoms with E-state index in [2.05, 4.69) is 25.2 Å². The lowest BCUT2D eigenvalue weighted by atomic mass is 10.1. The molecule has 0 radical (unpaired) electrons. The maximum absolute atomic E-state index is 4.44. The van der Waals surface area contributed by atoms with Crippen LogP contribution >= 0.6 is 0 Å². The second-order valence-corrected chi connectivity index (χ2v) is 4.90. The number of nitrogens with zero attached hydrogens (tertiary/aromatic N) is 4. The Morgan fingerprint density at radius 3 is 2.68 bits per heavy atom. The summed E-state index contributed by atoms with van der Waals surface area (Å²) in [6.45, 7) is 5.93. The molecular weight excluding hydrogens is 238 g/mol. The SMILES string of the molecule is Cc1ncc(C)c(NC2CN(c3ccncc3)C2)n1. The highest BCUT2D eigenvalue weighted by Gasteiger charge is 2.27. The van der Waals surface area contributed by atoms with Gasteiger partial charge in [0.2, 0.25) is 0 Å². The lowest BCUT2D eigenvalue weighted by Gasteiger charge is -2.41. The van der Waals surface area contributed by atoms with Gasteiger partial charge in [0.15, 0.2) is 0 Å². The van der Waals surface area contributed by atoms with Gasteiger partial charge >= 0.3 is 0 Å². The van der Waals surface area contributed by atoms with Gasteiger partial charge in [0, 0.05) is 42.9 Å². The molecule has 5 heteroatoms. The van der Waals surface area contributed by atoms with Crippen LogP contribution in [0.2, 0.25) is 0 Å². The fourth-order valence-electron chi connectivity index (χ4n) is 2.21. The van der Waals surface area contributed by atoms with Crippen molar-refractivity contribution in [1.82, 2.24) is 15.0 Å². The van der Waals surface area contributed by atoms with Crippen LogP contribution in [-0.4, -0.2) is 34.1 Å². The van der Waals surface area contributed by atoms with Gasteiger partial charge in [-0.05, 0) is 26.0 Å². The summed E-state index contributed by atoms with van der Waals surface area (Å²) in [7, 11) is 0. The molecule has 0 aliphatic carbocycles. The molecule has 0 aromatic carbocycles. The second kappa shape index (κ2) is 4.84. The van der Waals surface area contributed by atoms with E-state index >= 15 is 0 Å². The molecule has 3 heterocycles. The topological polar surface area (TPSA) is 53.9 Å². The van der Waals surface area contributed by atoms with Crippen molar-refractivity contribution in [3.05, 3.63) is 42.1 Å². The first kappa shape index (κ1) is 11.9. The van der Waals surface area contributed by atoms with E-state index in [0.717, 1.165) is 30.3 Å². The van der Waals surface area contributed by atoms with Crippen molar-refractivity contribution in [2.24, 2.45) is 0 Å². The van der Waals surface area contributed by atoms with Crippen LogP contribution in [0.1, 0.15) is 11.4 Å². The highest BCUT2D eigenvalue weighted by atomic mass is 15.3. The smallest absolute Gasteiger partial charge is 0.132 e. The van der Waals surface area contributed by atoms with Crippen LogP contribution in [-0.2, 0) is 0 Å². The number of anilines is 2. The third kappa shape index (κ3) is 2.50. The molecule has 1 aliphatic rings. The van der Waals surface area contributed by atoms with Gasteiger partial charge in [0.1, 0.15) is 11.6 Å². The lowest BCUT2D eigenvalue weighted by Crippen LogP contribution is -2.55. The molecule has 1 fully saturated rings. The summed E-state index contributed by atoms with van der Waals surface area (Å²) in [6, 6.07) is 4.52. The van der Waals surface area contributed by atoms with Crippen LogP contribution in [0.3, 0.4) is 0 Å². The summed E-state index contributed by atoms with van der Waals surface area (Å²) in [5.41, 5.74) is 2.32. The van der Waals surface area contributed by atoms with Crippen molar-refractivity contribution in [2.45, 2.75) is 19.9 Å². The van der Waals surface area contributed by atoms with E-state index in [9.17, 15) is 0 Å². The maximum Gasteiger partial charge on any atom is 0.132 e. The van der Waals surface area contributed by atoms with Crippen molar-refractivity contribution in [3.63, 3.8) is 0 Å². The Morgan fingerprint density at radius 1 is 1.21 bits per heavy atom. The second-order valence-electron chi connectivity index (χ2n) is 4.90. The van der Waals surface area contributed by atoms with Crippen LogP contribution < -0.4 is 10.2 Å². The largest absolute Gasteiger partial charge is 0.367 e. The van der Waals surface area contributed by atoms with Gasteiger partial charge in [0.05, 0.1) is 6.04 Å². The summed E-state index contributed by atoms with van der Waals surface area (Å²) in [5.74, 6) is 1.75. The van der Waals surface area contributed by atoms with Gasteiger partial charge in [-0.1, -0.05) is 0 Å². The molecule has 2 aromatic heterocycles. The number of rotatable bonds is 3. The van der Waals surface area contributed by atoms with Crippen LogP contribution in [0, 0.1) is 13.8 Å². The van der Waals surface area contributed by atoms with Crippen molar-refractivity contribution < 1.29 is 0 Å². The minimum atomic E-state index is 0.446. The molecule has 2 aromatic rings. The van der Waals surface area contributed by atoms with E-state index < -0.39 is 0 Å². The molecule has 0 bridgehead atoms. The minimum Gasteiger partial charge on any atom is -0.367 e. The van der Waals surface area contributed by atoms with Gasteiger partial charge in [-0.3, -0.25) is 4.98 Å². The molecule has 0 amide bonds. The first-order valence-corrected chi connectivity index (χ1v) is 6.44. The van der Waals surface area contributed by atoms with Gasteiger partial charge in [-0.15, -0.1) is 0 Å². The first-order valence-electron chi connectivity index (χ1n) is 6.44. The molecule has 0 atom stereocenters. The summed E-state index contributed by atoms with van der Waals surface area (Å²) < 4.78 is 0. The minimum absolute atomic E-state index is 0.446. The maximum atomic E-state index is 4.44. The quantitative estimate of drug-likeness (QED) is 0.906. The number of aromatic nitrogens is 3. The number of pyridine rings is 1. The summed E-state index contributed by atoms with van der Waals surface area (Å²) in [5, 5.41) is 3.48. The fraction of sp³-hybridized carbons (Fsp3) is 0.357. The van der Waals surface area contributed by atoms with Crippen LogP contribution in [0.5, 0.6) is 0 Å². The standard InChI is InChI=1S/C14H17N5/c1-10-7-16-11(2)17-14(10)18-12-8-19(9-12)13-3-5-15-6-4-13/h3-7,12H,8-9H2,1-2H3,(H,16,17,18). The zero-order chi connectivity index (χ0) is 13.2. The summed E-state index contributed by atoms with van der Waals surface area (Å²) in [4.78, 5) is 15.0. The van der Waals surface area contributed by atoms with E-state index in [-0.39, 0.29) is 0 Å². The highest BCUT2D eigenvalue weighted by Crippen LogP contribution is 2.22. The Balaban J connectivity index is 1.61. The summed E-state index contributed by atoms with van der Waals surface area (Å²) >= 11 is 0. The summed E-state index contributed by atoms with van der Waals surface area (Å²) in [6.07, 6.45) is 5.52. The number of aryl methyl sites for hydroxylation is 2. The number of hydrogen-bond donors (Lipinski definition) is 1. The Morgan fingerprint density at radius 2 is 1.95 bits per heavy atom. The average Bonchev–Trinajstić information content (AvgIpc) is 2.38. The number of hydrogen-bond acceptors (Lipinski definition) is 5. The van der Waals surface area contributed by atoms with Gasteiger partial charge in [0.25, 0.3) is 0 Å². The van der Waals surface area contributed by atoms with E-state index in [1.165, 1.54) is 5.69 Å². The molecule has 0 unspecified atom stereocenters. The molecule has 1 N–H and O–H groups in total. The van der Waals surface area contributed by atoms with E-state index in [4.69, 9.17) is 0 Å². The van der Waals surface area contributed by atoms with E-state index in [0.29, 0.717) is 6.04 Å². The molecule has 98 valence electrons. The molecule has 0 spiro atoms. The molecular formula is C14H17N5. The molecule has 3 rings (SSSR count). The highest BCUT2D eigenvalue weighted by molar-refractivity contribution is 5.51. The van der Waals surface area contributed by atoms with E-state index in [1.807, 2.05) is 44.6 Å². The molecule has 5 nitrogen and oxygen atoms in total. The van der Waals surface area contributed by atoms with Gasteiger partial charge < -0.3 is 10.2 Å². The Labute approximate surface area is 112 Å². The lowest BCUT2D eigenvalue weighted by molar-refractivity contribution is 0.548.